The van der Waals surface area contributed by atoms with Crippen LogP contribution in [-0.4, -0.2) is 35.7 Å². The minimum absolute atomic E-state index is 0.228. The third kappa shape index (κ3) is 3.64. The predicted molar refractivity (Wildman–Crippen MR) is 83.7 cm³/mol. The summed E-state index contributed by atoms with van der Waals surface area (Å²) in [5.41, 5.74) is -0.430. The first-order valence-electron chi connectivity index (χ1n) is 8.12. The van der Waals surface area contributed by atoms with Crippen molar-refractivity contribution < 1.29 is 13.9 Å². The highest BCUT2D eigenvalue weighted by atomic mass is 16.6. The summed E-state index contributed by atoms with van der Waals surface area (Å²) in [5.74, 6) is 3.49. The van der Waals surface area contributed by atoms with Crippen LogP contribution < -0.4 is 5.32 Å². The molecule has 1 aliphatic carbocycles. The number of hydrogen-bond acceptors (Lipinski definition) is 4. The van der Waals surface area contributed by atoms with E-state index in [2.05, 4.69) is 24.4 Å². The van der Waals surface area contributed by atoms with Crippen LogP contribution in [0.1, 0.15) is 51.6 Å². The topological polar surface area (TPSA) is 54.7 Å². The molecule has 1 amide bonds. The SMILES string of the molecule is CC1CC1c1ccc(CNC2CN(C(=O)OC(C)(C)C)C2)o1. The second-order valence-electron chi connectivity index (χ2n) is 7.59. The van der Waals surface area contributed by atoms with E-state index in [1.165, 1.54) is 6.42 Å². The Morgan fingerprint density at radius 1 is 1.41 bits per heavy atom. The fourth-order valence-electron chi connectivity index (χ4n) is 2.74. The lowest BCUT2D eigenvalue weighted by atomic mass is 10.1. The first kappa shape index (κ1) is 15.4. The van der Waals surface area contributed by atoms with Gasteiger partial charge in [0.05, 0.1) is 6.54 Å². The van der Waals surface area contributed by atoms with Crippen LogP contribution in [0.4, 0.5) is 4.79 Å². The maximum atomic E-state index is 11.8. The molecule has 0 radical (unpaired) electrons. The van der Waals surface area contributed by atoms with Gasteiger partial charge in [-0.2, -0.15) is 0 Å². The number of carbonyl (C=O) groups is 1. The molecule has 1 saturated heterocycles. The molecule has 5 heteroatoms. The highest BCUT2D eigenvalue weighted by molar-refractivity contribution is 5.69. The maximum Gasteiger partial charge on any atom is 0.410 e. The van der Waals surface area contributed by atoms with Gasteiger partial charge >= 0.3 is 6.09 Å². The third-order valence-corrected chi connectivity index (χ3v) is 4.26. The van der Waals surface area contributed by atoms with Crippen LogP contribution in [-0.2, 0) is 11.3 Å². The van der Waals surface area contributed by atoms with E-state index >= 15 is 0 Å². The van der Waals surface area contributed by atoms with Crippen molar-refractivity contribution in [2.45, 2.75) is 58.2 Å². The molecule has 2 aliphatic rings. The molecule has 5 nitrogen and oxygen atoms in total. The molecule has 1 aromatic rings. The number of nitrogens with zero attached hydrogens (tertiary/aromatic N) is 1. The first-order valence-corrected chi connectivity index (χ1v) is 8.12. The molecule has 0 bridgehead atoms. The lowest BCUT2D eigenvalue weighted by Crippen LogP contribution is -2.60. The van der Waals surface area contributed by atoms with Crippen LogP contribution in [0.5, 0.6) is 0 Å². The molecule has 3 rings (SSSR count). The highest BCUT2D eigenvalue weighted by Crippen LogP contribution is 2.47. The fourth-order valence-corrected chi connectivity index (χ4v) is 2.74. The summed E-state index contributed by atoms with van der Waals surface area (Å²) in [4.78, 5) is 13.6. The maximum absolute atomic E-state index is 11.8. The summed E-state index contributed by atoms with van der Waals surface area (Å²) >= 11 is 0. The Balaban J connectivity index is 1.38. The van der Waals surface area contributed by atoms with E-state index in [-0.39, 0.29) is 6.09 Å². The van der Waals surface area contributed by atoms with Gasteiger partial charge in [-0.25, -0.2) is 4.79 Å². The molecule has 0 aromatic carbocycles. The Bertz CT molecular complexity index is 540. The van der Waals surface area contributed by atoms with Gasteiger partial charge in [0.25, 0.3) is 0 Å². The number of carbonyl (C=O) groups excluding carboxylic acids is 1. The zero-order valence-electron chi connectivity index (χ0n) is 13.9. The van der Waals surface area contributed by atoms with Crippen molar-refractivity contribution in [2.24, 2.45) is 5.92 Å². The predicted octanol–water partition coefficient (Wildman–Crippen LogP) is 3.11. The molecule has 0 spiro atoms. The van der Waals surface area contributed by atoms with Gasteiger partial charge in [0.2, 0.25) is 0 Å². The van der Waals surface area contributed by atoms with Gasteiger partial charge in [0.1, 0.15) is 17.1 Å². The summed E-state index contributed by atoms with van der Waals surface area (Å²) in [7, 11) is 0. The molecule has 1 saturated carbocycles. The number of nitrogens with one attached hydrogen (secondary N) is 1. The van der Waals surface area contributed by atoms with Crippen LogP contribution >= 0.6 is 0 Å². The van der Waals surface area contributed by atoms with Crippen LogP contribution in [0.15, 0.2) is 16.5 Å². The number of hydrogen-bond donors (Lipinski definition) is 1. The molecular formula is C17H26N2O3. The van der Waals surface area contributed by atoms with Crippen LogP contribution in [0, 0.1) is 5.92 Å². The van der Waals surface area contributed by atoms with E-state index in [0.29, 0.717) is 31.6 Å². The lowest BCUT2D eigenvalue weighted by molar-refractivity contribution is 0.00505. The minimum atomic E-state index is -0.430. The van der Waals surface area contributed by atoms with Crippen molar-refractivity contribution in [3.63, 3.8) is 0 Å². The number of amides is 1. The molecule has 1 N–H and O–H groups in total. The number of rotatable bonds is 4. The van der Waals surface area contributed by atoms with Gasteiger partial charge in [0, 0.05) is 25.0 Å². The number of furan rings is 1. The first-order chi connectivity index (χ1) is 10.3. The molecular weight excluding hydrogens is 280 g/mol. The van der Waals surface area contributed by atoms with Gasteiger partial charge in [-0.15, -0.1) is 0 Å². The van der Waals surface area contributed by atoms with Crippen molar-refractivity contribution in [3.05, 3.63) is 23.7 Å². The Morgan fingerprint density at radius 2 is 2.09 bits per heavy atom. The lowest BCUT2D eigenvalue weighted by Gasteiger charge is -2.40. The van der Waals surface area contributed by atoms with Gasteiger partial charge in [0.15, 0.2) is 0 Å². The third-order valence-electron chi connectivity index (χ3n) is 4.26. The highest BCUT2D eigenvalue weighted by Gasteiger charge is 2.37. The Labute approximate surface area is 132 Å². The van der Waals surface area contributed by atoms with E-state index in [4.69, 9.17) is 9.15 Å². The van der Waals surface area contributed by atoms with Crippen molar-refractivity contribution >= 4 is 6.09 Å². The monoisotopic (exact) mass is 306 g/mol. The van der Waals surface area contributed by atoms with Crippen molar-refractivity contribution in [1.29, 1.82) is 0 Å². The summed E-state index contributed by atoms with van der Waals surface area (Å²) in [6.45, 7) is 10.0. The van der Waals surface area contributed by atoms with E-state index in [0.717, 1.165) is 17.4 Å². The molecule has 22 heavy (non-hydrogen) atoms. The van der Waals surface area contributed by atoms with Gasteiger partial charge in [-0.1, -0.05) is 6.92 Å². The smallest absolute Gasteiger partial charge is 0.410 e. The van der Waals surface area contributed by atoms with E-state index < -0.39 is 5.60 Å². The molecule has 2 heterocycles. The number of ether oxygens (including phenoxy) is 1. The molecule has 2 atom stereocenters. The van der Waals surface area contributed by atoms with Crippen LogP contribution in [0.3, 0.4) is 0 Å². The average Bonchev–Trinajstić information content (AvgIpc) is 2.89. The summed E-state index contributed by atoms with van der Waals surface area (Å²) < 4.78 is 11.2. The second kappa shape index (κ2) is 5.61. The fraction of sp³-hybridized carbons (Fsp3) is 0.706. The largest absolute Gasteiger partial charge is 0.464 e. The van der Waals surface area contributed by atoms with Crippen molar-refractivity contribution in [2.75, 3.05) is 13.1 Å². The van der Waals surface area contributed by atoms with Crippen molar-refractivity contribution in [3.8, 4) is 0 Å². The Kier molecular flexibility index (Phi) is 3.93. The molecule has 2 fully saturated rings. The minimum Gasteiger partial charge on any atom is -0.464 e. The summed E-state index contributed by atoms with van der Waals surface area (Å²) in [6.07, 6.45) is 1.02. The van der Waals surface area contributed by atoms with Gasteiger partial charge in [-0.05, 0) is 45.2 Å². The summed E-state index contributed by atoms with van der Waals surface area (Å²) in [5, 5.41) is 3.42. The van der Waals surface area contributed by atoms with Crippen LogP contribution in [0.2, 0.25) is 0 Å². The second-order valence-corrected chi connectivity index (χ2v) is 7.59. The molecule has 1 aliphatic heterocycles. The van der Waals surface area contributed by atoms with Crippen molar-refractivity contribution in [1.82, 2.24) is 10.2 Å². The Morgan fingerprint density at radius 3 is 2.68 bits per heavy atom. The van der Waals surface area contributed by atoms with E-state index in [9.17, 15) is 4.79 Å². The van der Waals surface area contributed by atoms with Gasteiger partial charge in [-0.3, -0.25) is 0 Å². The Hall–Kier alpha value is -1.49. The summed E-state index contributed by atoms with van der Waals surface area (Å²) in [6, 6.07) is 4.47. The number of likely N-dealkylation sites (tertiary alicyclic amines) is 1. The van der Waals surface area contributed by atoms with Gasteiger partial charge < -0.3 is 19.4 Å². The zero-order valence-corrected chi connectivity index (χ0v) is 13.9. The zero-order chi connectivity index (χ0) is 15.9. The van der Waals surface area contributed by atoms with Crippen LogP contribution in [0.25, 0.3) is 0 Å². The standard InChI is InChI=1S/C17H26N2O3/c1-11-7-14(11)15-6-5-13(21-15)8-18-12-9-19(10-12)16(20)22-17(2,3)4/h5-6,11-12,14,18H,7-10H2,1-4H3. The van der Waals surface area contributed by atoms with E-state index in [1.54, 1.807) is 4.90 Å². The molecule has 122 valence electrons. The molecule has 2 unspecified atom stereocenters. The average molecular weight is 306 g/mol. The quantitative estimate of drug-likeness (QED) is 0.928. The van der Waals surface area contributed by atoms with E-state index in [1.807, 2.05) is 20.8 Å². The molecule has 1 aromatic heterocycles. The normalized spacial score (nSPS) is 25.0.